The van der Waals surface area contributed by atoms with Gasteiger partial charge in [0.1, 0.15) is 24.2 Å². The molecule has 1 fully saturated rings. The molecule has 0 aromatic heterocycles. The Labute approximate surface area is 194 Å². The Bertz CT molecular complexity index is 884. The molecular formula is C25H33F3N2O3. The van der Waals surface area contributed by atoms with Crippen LogP contribution in [0.2, 0.25) is 0 Å². The molecule has 8 heteroatoms. The number of nitrogens with zero attached hydrogens (tertiary/aromatic N) is 2. The van der Waals surface area contributed by atoms with Crippen LogP contribution in [0, 0.1) is 6.92 Å². The first kappa shape index (κ1) is 25.2. The maximum Gasteiger partial charge on any atom is 0.416 e. The number of aliphatic hydroxyl groups excluding tert-OH is 1. The number of carbonyl (C=O) groups is 1. The zero-order valence-corrected chi connectivity index (χ0v) is 18.9. The van der Waals surface area contributed by atoms with Gasteiger partial charge in [0.05, 0.1) is 12.1 Å². The van der Waals surface area contributed by atoms with Gasteiger partial charge in [-0.15, -0.1) is 0 Å². The number of halogens is 3. The highest BCUT2D eigenvalue weighted by Gasteiger charge is 2.30. The van der Waals surface area contributed by atoms with Crippen LogP contribution < -0.4 is 4.74 Å². The molecule has 1 heterocycles. The van der Waals surface area contributed by atoms with Gasteiger partial charge in [0.2, 0.25) is 0 Å². The van der Waals surface area contributed by atoms with Crippen LogP contribution in [-0.2, 0) is 17.4 Å². The molecule has 0 bridgehead atoms. The van der Waals surface area contributed by atoms with Gasteiger partial charge in [-0.25, -0.2) is 0 Å². The smallest absolute Gasteiger partial charge is 0.416 e. The first-order valence-corrected chi connectivity index (χ1v) is 11.2. The zero-order valence-electron chi connectivity index (χ0n) is 18.9. The molecule has 0 amide bonds. The van der Waals surface area contributed by atoms with Crippen molar-refractivity contribution in [3.8, 4) is 5.75 Å². The Balaban J connectivity index is 0.00000408. The van der Waals surface area contributed by atoms with Crippen LogP contribution >= 0.6 is 0 Å². The van der Waals surface area contributed by atoms with Crippen LogP contribution in [0.1, 0.15) is 24.5 Å². The highest BCUT2D eigenvalue weighted by atomic mass is 19.4. The number of aliphatic hydroxyl groups is 1. The van der Waals surface area contributed by atoms with E-state index in [1.165, 1.54) is 12.1 Å². The molecule has 1 atom stereocenters. The summed E-state index contributed by atoms with van der Waals surface area (Å²) in [6, 6.07) is 12.7. The molecule has 2 aromatic rings. The van der Waals surface area contributed by atoms with Gasteiger partial charge in [0.15, 0.2) is 0 Å². The number of benzene rings is 2. The largest absolute Gasteiger partial charge is 0.491 e. The van der Waals surface area contributed by atoms with Gasteiger partial charge in [-0.2, -0.15) is 13.2 Å². The number of hydrogen-bond donors (Lipinski definition) is 1. The number of ketones is 1. The maximum atomic E-state index is 12.6. The monoisotopic (exact) mass is 466 g/mol. The van der Waals surface area contributed by atoms with E-state index < -0.39 is 17.8 Å². The Kier molecular flexibility index (Phi) is 8.88. The van der Waals surface area contributed by atoms with Crippen LogP contribution in [0.5, 0.6) is 5.75 Å². The number of β-amino-alcohol motifs (C(OH)–C–C–N with tert-alkyl or cyclic N) is 1. The summed E-state index contributed by atoms with van der Waals surface area (Å²) >= 11 is 0. The molecule has 0 aliphatic carbocycles. The Hall–Kier alpha value is -2.42. The molecule has 1 N–H and O–H groups in total. The van der Waals surface area contributed by atoms with E-state index in [4.69, 9.17) is 4.74 Å². The molecule has 182 valence electrons. The Morgan fingerprint density at radius 1 is 1.03 bits per heavy atom. The van der Waals surface area contributed by atoms with Gasteiger partial charge < -0.3 is 9.84 Å². The average Bonchev–Trinajstić information content (AvgIpc) is 2.78. The molecule has 1 saturated heterocycles. The lowest BCUT2D eigenvalue weighted by Gasteiger charge is -2.35. The summed E-state index contributed by atoms with van der Waals surface area (Å²) in [5.74, 6) is 0.814. The zero-order chi connectivity index (χ0) is 23.8. The predicted octanol–water partition coefficient (Wildman–Crippen LogP) is 3.82. The number of piperazine rings is 1. The minimum absolute atomic E-state index is 0. The molecule has 1 aliphatic rings. The number of rotatable bonds is 10. The molecule has 0 radical (unpaired) electrons. The molecule has 33 heavy (non-hydrogen) atoms. The third-order valence-corrected chi connectivity index (χ3v) is 5.77. The average molecular weight is 467 g/mol. The number of hydrogen-bond acceptors (Lipinski definition) is 5. The molecule has 0 saturated carbocycles. The maximum absolute atomic E-state index is 12.6. The summed E-state index contributed by atoms with van der Waals surface area (Å²) in [4.78, 5) is 16.6. The van der Waals surface area contributed by atoms with Gasteiger partial charge in [-0.1, -0.05) is 29.8 Å². The molecule has 2 aromatic carbocycles. The topological polar surface area (TPSA) is 53.0 Å². The number of carbonyl (C=O) groups excluding carboxylic acids is 1. The Morgan fingerprint density at radius 3 is 2.24 bits per heavy atom. The van der Waals surface area contributed by atoms with E-state index in [9.17, 15) is 23.1 Å². The number of ether oxygens (including phenoxy) is 1. The molecule has 5 nitrogen and oxygen atoms in total. The summed E-state index contributed by atoms with van der Waals surface area (Å²) in [5, 5.41) is 10.3. The van der Waals surface area contributed by atoms with E-state index in [2.05, 4.69) is 9.80 Å². The van der Waals surface area contributed by atoms with Crippen molar-refractivity contribution in [3.05, 3.63) is 65.2 Å². The van der Waals surface area contributed by atoms with Crippen molar-refractivity contribution in [3.63, 3.8) is 0 Å². The summed E-state index contributed by atoms with van der Waals surface area (Å²) in [5.41, 5.74) is 1.20. The van der Waals surface area contributed by atoms with Crippen molar-refractivity contribution >= 4 is 5.78 Å². The second-order valence-corrected chi connectivity index (χ2v) is 8.59. The van der Waals surface area contributed by atoms with Crippen molar-refractivity contribution in [2.24, 2.45) is 0 Å². The normalized spacial score (nSPS) is 16.5. The lowest BCUT2D eigenvalue weighted by molar-refractivity contribution is -0.137. The molecule has 0 unspecified atom stereocenters. The van der Waals surface area contributed by atoms with E-state index in [1.54, 1.807) is 0 Å². The summed E-state index contributed by atoms with van der Waals surface area (Å²) < 4.78 is 43.5. The van der Waals surface area contributed by atoms with Crippen LogP contribution in [0.4, 0.5) is 13.2 Å². The van der Waals surface area contributed by atoms with Crippen molar-refractivity contribution in [1.82, 2.24) is 9.80 Å². The predicted molar refractivity (Wildman–Crippen MR) is 122 cm³/mol. The third-order valence-electron chi connectivity index (χ3n) is 5.77. The summed E-state index contributed by atoms with van der Waals surface area (Å²) in [6.07, 6.45) is -4.20. The lowest BCUT2D eigenvalue weighted by Crippen LogP contribution is -2.50. The van der Waals surface area contributed by atoms with Gasteiger partial charge in [-0.3, -0.25) is 14.6 Å². The van der Waals surface area contributed by atoms with Gasteiger partial charge in [0.25, 0.3) is 0 Å². The fourth-order valence-electron chi connectivity index (χ4n) is 3.78. The molecule has 3 rings (SSSR count). The van der Waals surface area contributed by atoms with Crippen LogP contribution in [0.25, 0.3) is 0 Å². The molecule has 0 spiro atoms. The van der Waals surface area contributed by atoms with E-state index in [0.717, 1.165) is 55.2 Å². The molecular weight excluding hydrogens is 433 g/mol. The third kappa shape index (κ3) is 8.46. The van der Waals surface area contributed by atoms with Crippen molar-refractivity contribution < 1.29 is 29.2 Å². The van der Waals surface area contributed by atoms with Gasteiger partial charge >= 0.3 is 6.18 Å². The number of alkyl halides is 3. The highest BCUT2D eigenvalue weighted by Crippen LogP contribution is 2.29. The van der Waals surface area contributed by atoms with E-state index >= 15 is 0 Å². The fraction of sp³-hybridized carbons (Fsp3) is 0.480. The SMILES string of the molecule is Cc1ccc(OC[C@@H](O)CN2CCN(CC(=O)CCc3ccc(C(F)(F)F)cc3)CC2)cc1.[HH]. The quantitative estimate of drug-likeness (QED) is 0.577. The van der Waals surface area contributed by atoms with Crippen LogP contribution in [0.15, 0.2) is 48.5 Å². The number of aryl methyl sites for hydroxylation is 2. The molecule has 1 aliphatic heterocycles. The van der Waals surface area contributed by atoms with Crippen LogP contribution in [0.3, 0.4) is 0 Å². The standard InChI is InChI=1S/C25H31F3N2O3.H2/c1-19-2-10-24(11-3-19)33-18-23(32)17-30-14-12-29(13-15-30)16-22(31)9-6-20-4-7-21(8-5-20)25(26,27)28;/h2-5,7-8,10-11,23,32H,6,9,12-18H2,1H3;1H/t23-;/m0./s1. The Morgan fingerprint density at radius 2 is 1.64 bits per heavy atom. The van der Waals surface area contributed by atoms with Crippen molar-refractivity contribution in [1.29, 1.82) is 0 Å². The first-order valence-electron chi connectivity index (χ1n) is 11.2. The minimum atomic E-state index is -4.35. The van der Waals surface area contributed by atoms with E-state index in [1.807, 2.05) is 31.2 Å². The second kappa shape index (κ2) is 11.6. The van der Waals surface area contributed by atoms with E-state index in [-0.39, 0.29) is 13.8 Å². The van der Waals surface area contributed by atoms with E-state index in [0.29, 0.717) is 25.9 Å². The highest BCUT2D eigenvalue weighted by molar-refractivity contribution is 5.80. The van der Waals surface area contributed by atoms with Crippen molar-refractivity contribution in [2.45, 2.75) is 32.0 Å². The summed E-state index contributed by atoms with van der Waals surface area (Å²) in [7, 11) is 0. The van der Waals surface area contributed by atoms with Gasteiger partial charge in [0, 0.05) is 40.6 Å². The first-order chi connectivity index (χ1) is 15.7. The van der Waals surface area contributed by atoms with Gasteiger partial charge in [-0.05, 0) is 43.2 Å². The summed E-state index contributed by atoms with van der Waals surface area (Å²) in [6.45, 7) is 6.07. The van der Waals surface area contributed by atoms with Crippen LogP contribution in [-0.4, -0.2) is 72.7 Å². The lowest BCUT2D eigenvalue weighted by atomic mass is 10.0. The number of Topliss-reactive ketones (excluding diaryl/α,β-unsaturated/α-hetero) is 1. The fourth-order valence-corrected chi connectivity index (χ4v) is 3.78. The second-order valence-electron chi connectivity index (χ2n) is 8.59. The van der Waals surface area contributed by atoms with Crippen molar-refractivity contribution in [2.75, 3.05) is 45.9 Å². The minimum Gasteiger partial charge on any atom is -0.491 e.